The minimum absolute atomic E-state index is 0.0960. The second-order valence-corrected chi connectivity index (χ2v) is 8.16. The van der Waals surface area contributed by atoms with Crippen molar-refractivity contribution >= 4 is 23.3 Å². The van der Waals surface area contributed by atoms with E-state index in [1.807, 2.05) is 24.0 Å². The van der Waals surface area contributed by atoms with Crippen LogP contribution in [0.15, 0.2) is 48.5 Å². The Balaban J connectivity index is 1.54. The molecule has 2 aromatic rings. The number of ketones is 1. The molecule has 0 spiro atoms. The number of fused-ring (bicyclic) bond motifs is 3. The van der Waals surface area contributed by atoms with Gasteiger partial charge in [-0.3, -0.25) is 19.3 Å². The summed E-state index contributed by atoms with van der Waals surface area (Å²) < 4.78 is 13.3. The molecule has 0 radical (unpaired) electrons. The first kappa shape index (κ1) is 18.2. The number of rotatable bonds is 3. The number of hydrogen-bond acceptors (Lipinski definition) is 4. The summed E-state index contributed by atoms with van der Waals surface area (Å²) in [7, 11) is 0. The first-order valence-electron chi connectivity index (χ1n) is 9.97. The Morgan fingerprint density at radius 3 is 2.31 bits per heavy atom. The summed E-state index contributed by atoms with van der Waals surface area (Å²) in [4.78, 5) is 43.3. The number of Topliss-reactive ketones (excluding diaryl/α,β-unsaturated/α-hetero) is 1. The van der Waals surface area contributed by atoms with Gasteiger partial charge in [0.2, 0.25) is 11.8 Å². The maximum Gasteiger partial charge on any atom is 0.239 e. The van der Waals surface area contributed by atoms with Gasteiger partial charge in [-0.2, -0.15) is 0 Å². The third-order valence-electron chi connectivity index (χ3n) is 6.54. The molecule has 3 heterocycles. The zero-order valence-corrected chi connectivity index (χ0v) is 16.0. The molecule has 29 heavy (non-hydrogen) atoms. The molecule has 2 amide bonds. The Labute approximate surface area is 168 Å². The molecule has 5 rings (SSSR count). The smallest absolute Gasteiger partial charge is 0.239 e. The largest absolute Gasteiger partial charge is 0.292 e. The zero-order valence-electron chi connectivity index (χ0n) is 16.0. The first-order valence-corrected chi connectivity index (χ1v) is 9.97. The van der Waals surface area contributed by atoms with E-state index in [1.165, 1.54) is 29.2 Å². The van der Waals surface area contributed by atoms with Crippen LogP contribution in [0.3, 0.4) is 0 Å². The van der Waals surface area contributed by atoms with Gasteiger partial charge in [-0.05, 0) is 62.7 Å². The van der Waals surface area contributed by atoms with Crippen LogP contribution in [0, 0.1) is 24.6 Å². The molecule has 0 aliphatic carbocycles. The highest BCUT2D eigenvalue weighted by atomic mass is 19.1. The average molecular weight is 392 g/mol. The van der Waals surface area contributed by atoms with Crippen LogP contribution in [0.1, 0.15) is 28.8 Å². The number of amides is 2. The number of carbonyl (C=O) groups excluding carboxylic acids is 3. The minimum Gasteiger partial charge on any atom is -0.292 e. The maximum absolute atomic E-state index is 13.4. The molecule has 0 bridgehead atoms. The predicted molar refractivity (Wildman–Crippen MR) is 105 cm³/mol. The Hall–Kier alpha value is -2.86. The lowest BCUT2D eigenvalue weighted by Gasteiger charge is -2.27. The van der Waals surface area contributed by atoms with Gasteiger partial charge in [-0.15, -0.1) is 0 Å². The van der Waals surface area contributed by atoms with Crippen LogP contribution in [0.5, 0.6) is 0 Å². The van der Waals surface area contributed by atoms with Crippen LogP contribution in [0.2, 0.25) is 0 Å². The number of halogens is 1. The highest BCUT2D eigenvalue weighted by molar-refractivity contribution is 6.24. The van der Waals surface area contributed by atoms with E-state index in [0.29, 0.717) is 17.8 Å². The fourth-order valence-electron chi connectivity index (χ4n) is 5.25. The van der Waals surface area contributed by atoms with Gasteiger partial charge in [0.25, 0.3) is 0 Å². The molecule has 4 atom stereocenters. The number of aryl methyl sites for hydroxylation is 1. The summed E-state index contributed by atoms with van der Waals surface area (Å²) in [5.74, 6) is -2.33. The lowest BCUT2D eigenvalue weighted by Crippen LogP contribution is -2.46. The molecule has 0 saturated carbocycles. The summed E-state index contributed by atoms with van der Waals surface area (Å²) in [6, 6.07) is 11.9. The van der Waals surface area contributed by atoms with Crippen LogP contribution in [0.25, 0.3) is 0 Å². The molecule has 0 N–H and O–H groups in total. The van der Waals surface area contributed by atoms with Gasteiger partial charge in [-0.25, -0.2) is 9.29 Å². The summed E-state index contributed by atoms with van der Waals surface area (Å²) in [5.41, 5.74) is 1.97. The van der Waals surface area contributed by atoms with E-state index in [9.17, 15) is 18.8 Å². The van der Waals surface area contributed by atoms with Crippen molar-refractivity contribution in [3.8, 4) is 0 Å². The van der Waals surface area contributed by atoms with Crippen molar-refractivity contribution in [2.24, 2.45) is 11.8 Å². The van der Waals surface area contributed by atoms with Gasteiger partial charge in [-0.1, -0.05) is 17.7 Å². The fraction of sp³-hybridized carbons (Fsp3) is 0.348. The van der Waals surface area contributed by atoms with Crippen LogP contribution in [0.4, 0.5) is 10.1 Å². The monoisotopic (exact) mass is 392 g/mol. The molecule has 3 fully saturated rings. The van der Waals surface area contributed by atoms with Crippen LogP contribution in [-0.4, -0.2) is 41.1 Å². The number of benzene rings is 2. The van der Waals surface area contributed by atoms with Gasteiger partial charge in [0.05, 0.1) is 23.6 Å². The first-order chi connectivity index (χ1) is 14.0. The fourth-order valence-corrected chi connectivity index (χ4v) is 5.25. The van der Waals surface area contributed by atoms with E-state index in [2.05, 4.69) is 0 Å². The molecular formula is C23H21FN2O3. The predicted octanol–water partition coefficient (Wildman–Crippen LogP) is 2.97. The highest BCUT2D eigenvalue weighted by Gasteiger charge is 2.64. The second-order valence-electron chi connectivity index (χ2n) is 8.16. The molecule has 148 valence electrons. The zero-order chi connectivity index (χ0) is 20.3. The third-order valence-corrected chi connectivity index (χ3v) is 6.54. The lowest BCUT2D eigenvalue weighted by atomic mass is 9.85. The van der Waals surface area contributed by atoms with E-state index in [4.69, 9.17) is 0 Å². The Kier molecular flexibility index (Phi) is 4.13. The van der Waals surface area contributed by atoms with Crippen molar-refractivity contribution in [1.82, 2.24) is 4.90 Å². The van der Waals surface area contributed by atoms with Crippen molar-refractivity contribution in [3.63, 3.8) is 0 Å². The minimum atomic E-state index is -0.688. The van der Waals surface area contributed by atoms with Gasteiger partial charge < -0.3 is 0 Å². The van der Waals surface area contributed by atoms with Gasteiger partial charge in [0, 0.05) is 11.6 Å². The summed E-state index contributed by atoms with van der Waals surface area (Å²) in [5, 5.41) is 0. The van der Waals surface area contributed by atoms with Crippen molar-refractivity contribution in [3.05, 3.63) is 65.5 Å². The number of imide groups is 1. The van der Waals surface area contributed by atoms with Crippen molar-refractivity contribution in [2.75, 3.05) is 11.4 Å². The Morgan fingerprint density at radius 1 is 0.966 bits per heavy atom. The average Bonchev–Trinajstić information content (AvgIpc) is 3.35. The van der Waals surface area contributed by atoms with Crippen molar-refractivity contribution < 1.29 is 18.8 Å². The van der Waals surface area contributed by atoms with E-state index in [1.54, 1.807) is 12.1 Å². The van der Waals surface area contributed by atoms with E-state index in [0.717, 1.165) is 18.4 Å². The molecule has 3 saturated heterocycles. The number of nitrogens with zero attached hydrogens (tertiary/aromatic N) is 2. The van der Waals surface area contributed by atoms with E-state index < -0.39 is 23.7 Å². The van der Waals surface area contributed by atoms with Crippen LogP contribution >= 0.6 is 0 Å². The quantitative estimate of drug-likeness (QED) is 0.595. The number of carbonyl (C=O) groups is 3. The Bertz CT molecular complexity index is 1000. The number of anilines is 1. The van der Waals surface area contributed by atoms with Crippen LogP contribution in [-0.2, 0) is 9.59 Å². The topological polar surface area (TPSA) is 57.7 Å². The molecule has 2 aromatic carbocycles. The van der Waals surface area contributed by atoms with Crippen LogP contribution < -0.4 is 4.90 Å². The van der Waals surface area contributed by atoms with Crippen molar-refractivity contribution in [2.45, 2.75) is 31.8 Å². The molecule has 6 heteroatoms. The standard InChI is InChI=1S/C23H21FN2O3/c1-13-4-10-16(11-5-13)26-22(28)18-17-3-2-12-25(17)20(19(18)23(26)29)21(27)14-6-8-15(24)9-7-14/h4-11,17-20H,2-3,12H2,1H3/t17-,18-,19-,20-/m1/s1. The lowest BCUT2D eigenvalue weighted by molar-refractivity contribution is -0.123. The summed E-state index contributed by atoms with van der Waals surface area (Å²) >= 11 is 0. The normalized spacial score (nSPS) is 28.7. The summed E-state index contributed by atoms with van der Waals surface area (Å²) in [6.07, 6.45) is 1.70. The van der Waals surface area contributed by atoms with Gasteiger partial charge >= 0.3 is 0 Å². The second kappa shape index (κ2) is 6.59. The molecular weight excluding hydrogens is 371 g/mol. The van der Waals surface area contributed by atoms with E-state index in [-0.39, 0.29) is 23.6 Å². The molecule has 3 aliphatic rings. The number of hydrogen-bond donors (Lipinski definition) is 0. The van der Waals surface area contributed by atoms with Crippen molar-refractivity contribution in [1.29, 1.82) is 0 Å². The SMILES string of the molecule is Cc1ccc(N2C(=O)[C@@H]3[C@H](C2=O)[C@H]2CCCN2[C@H]3C(=O)c2ccc(F)cc2)cc1. The van der Waals surface area contributed by atoms with E-state index >= 15 is 0 Å². The molecule has 5 nitrogen and oxygen atoms in total. The molecule has 3 aliphatic heterocycles. The molecule has 0 unspecified atom stereocenters. The van der Waals surface area contributed by atoms with Gasteiger partial charge in [0.1, 0.15) is 5.82 Å². The third kappa shape index (κ3) is 2.66. The maximum atomic E-state index is 13.4. The molecule has 0 aromatic heterocycles. The van der Waals surface area contributed by atoms with Gasteiger partial charge in [0.15, 0.2) is 5.78 Å². The summed E-state index contributed by atoms with van der Waals surface area (Å²) in [6.45, 7) is 2.64. The highest BCUT2D eigenvalue weighted by Crippen LogP contribution is 2.48. The Morgan fingerprint density at radius 2 is 1.62 bits per heavy atom.